The normalized spacial score (nSPS) is 17.1. The predicted octanol–water partition coefficient (Wildman–Crippen LogP) is 0.436. The zero-order chi connectivity index (χ0) is 11.4. The summed E-state index contributed by atoms with van der Waals surface area (Å²) in [6.45, 7) is 1.15. The van der Waals surface area contributed by atoms with Crippen molar-refractivity contribution in [3.8, 4) is 0 Å². The average Bonchev–Trinajstić information content (AvgIpc) is 1.96. The standard InChI is InChI=1S/C8H17F3N2O/c1-6(14)4-13(2)5-7(3-12)8(9,10)11/h6-7,14H,3-5,12H2,1-2H3. The molecule has 0 aromatic carbocycles. The van der Waals surface area contributed by atoms with Gasteiger partial charge in [-0.3, -0.25) is 0 Å². The smallest absolute Gasteiger partial charge is 0.392 e. The number of halogens is 3. The third-order valence-electron chi connectivity index (χ3n) is 1.86. The van der Waals surface area contributed by atoms with E-state index >= 15 is 0 Å². The van der Waals surface area contributed by atoms with Gasteiger partial charge < -0.3 is 15.7 Å². The van der Waals surface area contributed by atoms with E-state index in [0.29, 0.717) is 0 Å². The highest BCUT2D eigenvalue weighted by molar-refractivity contribution is 4.72. The molecular formula is C8H17F3N2O. The van der Waals surface area contributed by atoms with E-state index in [1.54, 1.807) is 0 Å². The molecule has 0 aromatic rings. The van der Waals surface area contributed by atoms with E-state index in [2.05, 4.69) is 0 Å². The number of aliphatic hydroxyl groups is 1. The van der Waals surface area contributed by atoms with Crippen LogP contribution in [0.25, 0.3) is 0 Å². The van der Waals surface area contributed by atoms with Crippen LogP contribution in [0, 0.1) is 5.92 Å². The predicted molar refractivity (Wildman–Crippen MR) is 47.8 cm³/mol. The van der Waals surface area contributed by atoms with Crippen molar-refractivity contribution >= 4 is 0 Å². The molecule has 0 saturated carbocycles. The average molecular weight is 214 g/mol. The SMILES string of the molecule is CC(O)CN(C)CC(CN)C(F)(F)F. The van der Waals surface area contributed by atoms with Crippen molar-refractivity contribution in [2.45, 2.75) is 19.2 Å². The lowest BCUT2D eigenvalue weighted by molar-refractivity contribution is -0.176. The molecule has 0 bridgehead atoms. The molecule has 0 rings (SSSR count). The van der Waals surface area contributed by atoms with Crippen LogP contribution in [-0.4, -0.2) is 49.0 Å². The highest BCUT2D eigenvalue weighted by Crippen LogP contribution is 2.25. The zero-order valence-corrected chi connectivity index (χ0v) is 8.38. The van der Waals surface area contributed by atoms with E-state index in [9.17, 15) is 13.2 Å². The van der Waals surface area contributed by atoms with Gasteiger partial charge in [0.15, 0.2) is 0 Å². The first kappa shape index (κ1) is 13.7. The molecule has 0 heterocycles. The summed E-state index contributed by atoms with van der Waals surface area (Å²) in [7, 11) is 1.53. The molecule has 0 aromatic heterocycles. The number of hydrogen-bond donors (Lipinski definition) is 2. The molecule has 3 nitrogen and oxygen atoms in total. The van der Waals surface area contributed by atoms with Gasteiger partial charge in [0.05, 0.1) is 12.0 Å². The minimum atomic E-state index is -4.26. The van der Waals surface area contributed by atoms with Gasteiger partial charge in [0, 0.05) is 19.6 Å². The molecule has 0 fully saturated rings. The van der Waals surface area contributed by atoms with E-state index in [0.717, 1.165) is 0 Å². The first-order valence-electron chi connectivity index (χ1n) is 4.40. The van der Waals surface area contributed by atoms with Crippen molar-refractivity contribution in [1.29, 1.82) is 0 Å². The lowest BCUT2D eigenvalue weighted by Crippen LogP contribution is -2.41. The first-order chi connectivity index (χ1) is 6.27. The van der Waals surface area contributed by atoms with E-state index in [1.165, 1.54) is 18.9 Å². The highest BCUT2D eigenvalue weighted by Gasteiger charge is 2.38. The number of rotatable bonds is 5. The fraction of sp³-hybridized carbons (Fsp3) is 1.00. The fourth-order valence-corrected chi connectivity index (χ4v) is 1.21. The summed E-state index contributed by atoms with van der Waals surface area (Å²) >= 11 is 0. The maximum Gasteiger partial charge on any atom is 0.394 e. The van der Waals surface area contributed by atoms with Gasteiger partial charge in [0.2, 0.25) is 0 Å². The number of alkyl halides is 3. The summed E-state index contributed by atoms with van der Waals surface area (Å²) < 4.78 is 36.7. The molecule has 86 valence electrons. The number of likely N-dealkylation sites (N-methyl/N-ethyl adjacent to an activating group) is 1. The van der Waals surface area contributed by atoms with Crippen molar-refractivity contribution < 1.29 is 18.3 Å². The van der Waals surface area contributed by atoms with Crippen LogP contribution < -0.4 is 5.73 Å². The first-order valence-corrected chi connectivity index (χ1v) is 4.40. The molecule has 0 amide bonds. The minimum Gasteiger partial charge on any atom is -0.392 e. The van der Waals surface area contributed by atoms with Crippen molar-refractivity contribution in [1.82, 2.24) is 4.90 Å². The third-order valence-corrected chi connectivity index (χ3v) is 1.86. The number of hydrogen-bond acceptors (Lipinski definition) is 3. The topological polar surface area (TPSA) is 49.5 Å². The Labute approximate surface area is 81.7 Å². The van der Waals surface area contributed by atoms with Gasteiger partial charge in [0.1, 0.15) is 0 Å². The van der Waals surface area contributed by atoms with Crippen molar-refractivity contribution in [2.75, 3.05) is 26.7 Å². The molecule has 2 atom stereocenters. The molecule has 14 heavy (non-hydrogen) atoms. The van der Waals surface area contributed by atoms with E-state index in [1.807, 2.05) is 0 Å². The van der Waals surface area contributed by atoms with Crippen LogP contribution in [-0.2, 0) is 0 Å². The Balaban J connectivity index is 4.06. The van der Waals surface area contributed by atoms with E-state index in [4.69, 9.17) is 10.8 Å². The number of nitrogens with zero attached hydrogens (tertiary/aromatic N) is 1. The summed E-state index contributed by atoms with van der Waals surface area (Å²) in [5, 5.41) is 8.96. The van der Waals surface area contributed by atoms with Crippen LogP contribution in [0.15, 0.2) is 0 Å². The Kier molecular flexibility index (Phi) is 5.40. The quantitative estimate of drug-likeness (QED) is 0.698. The molecule has 2 unspecified atom stereocenters. The molecule has 0 spiro atoms. The Morgan fingerprint density at radius 3 is 2.14 bits per heavy atom. The number of aliphatic hydroxyl groups excluding tert-OH is 1. The van der Waals surface area contributed by atoms with Gasteiger partial charge in [-0.05, 0) is 14.0 Å². The summed E-state index contributed by atoms with van der Waals surface area (Å²) in [5.41, 5.74) is 5.03. The molecule has 0 radical (unpaired) electrons. The van der Waals surface area contributed by atoms with Crippen molar-refractivity contribution in [3.63, 3.8) is 0 Å². The van der Waals surface area contributed by atoms with Gasteiger partial charge in [-0.1, -0.05) is 0 Å². The molecule has 0 aliphatic heterocycles. The summed E-state index contributed by atoms with van der Waals surface area (Å²) in [5.74, 6) is -1.52. The maximum atomic E-state index is 12.2. The second-order valence-corrected chi connectivity index (χ2v) is 3.54. The second kappa shape index (κ2) is 5.53. The van der Waals surface area contributed by atoms with Gasteiger partial charge in [-0.15, -0.1) is 0 Å². The lowest BCUT2D eigenvalue weighted by Gasteiger charge is -2.25. The van der Waals surface area contributed by atoms with Gasteiger partial charge in [-0.25, -0.2) is 0 Å². The second-order valence-electron chi connectivity index (χ2n) is 3.54. The van der Waals surface area contributed by atoms with Crippen LogP contribution in [0.1, 0.15) is 6.92 Å². The Morgan fingerprint density at radius 1 is 1.36 bits per heavy atom. The lowest BCUT2D eigenvalue weighted by atomic mass is 10.1. The minimum absolute atomic E-state index is 0.176. The molecule has 0 saturated heterocycles. The van der Waals surface area contributed by atoms with Crippen LogP contribution in [0.2, 0.25) is 0 Å². The Hall–Kier alpha value is -0.330. The van der Waals surface area contributed by atoms with Crippen molar-refractivity contribution in [2.24, 2.45) is 11.7 Å². The summed E-state index contributed by atoms with van der Waals surface area (Å²) in [6, 6.07) is 0. The van der Waals surface area contributed by atoms with Crippen LogP contribution in [0.5, 0.6) is 0 Å². The summed E-state index contributed by atoms with van der Waals surface area (Å²) in [4.78, 5) is 1.43. The van der Waals surface area contributed by atoms with Crippen LogP contribution in [0.4, 0.5) is 13.2 Å². The Bertz CT molecular complexity index is 161. The van der Waals surface area contributed by atoms with Crippen LogP contribution in [0.3, 0.4) is 0 Å². The molecule has 0 aliphatic carbocycles. The number of nitrogens with two attached hydrogens (primary N) is 1. The third kappa shape index (κ3) is 5.41. The van der Waals surface area contributed by atoms with E-state index < -0.39 is 24.7 Å². The van der Waals surface area contributed by atoms with E-state index in [-0.39, 0.29) is 13.1 Å². The van der Waals surface area contributed by atoms with Gasteiger partial charge in [0.25, 0.3) is 0 Å². The van der Waals surface area contributed by atoms with Crippen LogP contribution >= 0.6 is 0 Å². The molecule has 0 aliphatic rings. The highest BCUT2D eigenvalue weighted by atomic mass is 19.4. The molecule has 6 heteroatoms. The van der Waals surface area contributed by atoms with Gasteiger partial charge in [-0.2, -0.15) is 13.2 Å². The van der Waals surface area contributed by atoms with Gasteiger partial charge >= 0.3 is 6.18 Å². The zero-order valence-electron chi connectivity index (χ0n) is 8.38. The maximum absolute atomic E-state index is 12.2. The van der Waals surface area contributed by atoms with Crippen molar-refractivity contribution in [3.05, 3.63) is 0 Å². The fourth-order valence-electron chi connectivity index (χ4n) is 1.21. The summed E-state index contributed by atoms with van der Waals surface area (Å²) in [6.07, 6.45) is -4.89. The molecular weight excluding hydrogens is 197 g/mol. The largest absolute Gasteiger partial charge is 0.394 e. The Morgan fingerprint density at radius 2 is 1.86 bits per heavy atom. The monoisotopic (exact) mass is 214 g/mol. The molecule has 3 N–H and O–H groups in total.